The van der Waals surface area contributed by atoms with Gasteiger partial charge in [-0.25, -0.2) is 0 Å². The predicted octanol–water partition coefficient (Wildman–Crippen LogP) is 4.71. The summed E-state index contributed by atoms with van der Waals surface area (Å²) in [4.78, 5) is 10.1. The van der Waals surface area contributed by atoms with Crippen LogP contribution in [0.3, 0.4) is 0 Å². The second kappa shape index (κ2) is 5.56. The van der Waals surface area contributed by atoms with Crippen LogP contribution in [0.4, 0.5) is 5.69 Å². The molecule has 0 saturated carbocycles. The minimum atomic E-state index is -0.596. The molecule has 0 amide bonds. The van der Waals surface area contributed by atoms with Crippen molar-refractivity contribution in [3.05, 3.63) is 56.1 Å². The Morgan fingerprint density at radius 3 is 2.40 bits per heavy atom. The van der Waals surface area contributed by atoms with E-state index in [1.165, 1.54) is 6.07 Å². The van der Waals surface area contributed by atoms with Gasteiger partial charge in [0, 0.05) is 17.7 Å². The molecule has 1 N–H and O–H groups in total. The van der Waals surface area contributed by atoms with E-state index in [2.05, 4.69) is 0 Å². The third-order valence-corrected chi connectivity index (χ3v) is 3.22. The Morgan fingerprint density at radius 2 is 1.85 bits per heavy atom. The number of benzene rings is 2. The van der Waals surface area contributed by atoms with E-state index in [0.717, 1.165) is 12.1 Å². The molecule has 5 nitrogen and oxygen atoms in total. The monoisotopic (exact) mass is 313 g/mol. The molecule has 0 aromatic heterocycles. The lowest BCUT2D eigenvalue weighted by atomic mass is 10.2. The van der Waals surface area contributed by atoms with Gasteiger partial charge in [0.15, 0.2) is 5.75 Å². The number of nitro benzene ring substituents is 1. The molecule has 0 aliphatic rings. The highest BCUT2D eigenvalue weighted by Crippen LogP contribution is 2.41. The summed E-state index contributed by atoms with van der Waals surface area (Å²) in [5, 5.41) is 20.3. The van der Waals surface area contributed by atoms with Crippen molar-refractivity contribution < 1.29 is 14.8 Å². The van der Waals surface area contributed by atoms with E-state index in [0.29, 0.717) is 11.3 Å². The number of nitro groups is 1. The van der Waals surface area contributed by atoms with E-state index >= 15 is 0 Å². The molecule has 0 fully saturated rings. The Morgan fingerprint density at radius 1 is 1.25 bits per heavy atom. The summed E-state index contributed by atoms with van der Waals surface area (Å²) in [5.74, 6) is 0.534. The van der Waals surface area contributed by atoms with Gasteiger partial charge in [-0.3, -0.25) is 10.1 Å². The lowest BCUT2D eigenvalue weighted by Crippen LogP contribution is -1.93. The summed E-state index contributed by atoms with van der Waals surface area (Å²) in [6, 6.07) is 7.05. The molecule has 0 aliphatic carbocycles. The Kier molecular flexibility index (Phi) is 4.01. The summed E-state index contributed by atoms with van der Waals surface area (Å²) in [5.41, 5.74) is 0.290. The molecule has 0 unspecified atom stereocenters. The van der Waals surface area contributed by atoms with Gasteiger partial charge in [-0.15, -0.1) is 0 Å². The molecule has 2 aromatic carbocycles. The number of aromatic hydroxyl groups is 1. The number of rotatable bonds is 3. The van der Waals surface area contributed by atoms with Gasteiger partial charge in [-0.2, -0.15) is 0 Å². The highest BCUT2D eigenvalue weighted by atomic mass is 35.5. The predicted molar refractivity (Wildman–Crippen MR) is 76.0 cm³/mol. The second-order valence-corrected chi connectivity index (χ2v) is 4.81. The van der Waals surface area contributed by atoms with Crippen molar-refractivity contribution >= 4 is 28.9 Å². The fraction of sp³-hybridized carbons (Fsp3) is 0.0769. The molecule has 2 rings (SSSR count). The van der Waals surface area contributed by atoms with E-state index in [9.17, 15) is 15.2 Å². The van der Waals surface area contributed by atoms with Gasteiger partial charge >= 0.3 is 0 Å². The lowest BCUT2D eigenvalue weighted by Gasteiger charge is -2.12. The van der Waals surface area contributed by atoms with E-state index in [4.69, 9.17) is 27.9 Å². The van der Waals surface area contributed by atoms with Crippen LogP contribution in [0.1, 0.15) is 5.56 Å². The first-order valence-corrected chi connectivity index (χ1v) is 6.25. The van der Waals surface area contributed by atoms with Crippen LogP contribution in [0.5, 0.6) is 17.2 Å². The summed E-state index contributed by atoms with van der Waals surface area (Å²) in [7, 11) is 0. The zero-order valence-corrected chi connectivity index (χ0v) is 11.8. The minimum absolute atomic E-state index is 0.0203. The molecule has 0 atom stereocenters. The van der Waals surface area contributed by atoms with Gasteiger partial charge in [0.1, 0.15) is 11.5 Å². The molecule has 0 spiro atoms. The molecule has 104 valence electrons. The average molecular weight is 314 g/mol. The number of phenols is 1. The number of halogens is 2. The molecule has 0 radical (unpaired) electrons. The largest absolute Gasteiger partial charge is 0.508 e. The van der Waals surface area contributed by atoms with Crippen LogP contribution < -0.4 is 4.74 Å². The molecular formula is C13H9Cl2NO4. The van der Waals surface area contributed by atoms with Crippen molar-refractivity contribution in [1.29, 1.82) is 0 Å². The van der Waals surface area contributed by atoms with Crippen LogP contribution >= 0.6 is 23.2 Å². The van der Waals surface area contributed by atoms with E-state index < -0.39 is 4.92 Å². The standard InChI is InChI=1S/C13H9Cl2NO4/c1-7-11(17)3-2-4-12(7)20-13-9(14)5-8(16(18)19)6-10(13)15/h2-6,17H,1H3. The summed E-state index contributed by atoms with van der Waals surface area (Å²) in [6.07, 6.45) is 0. The van der Waals surface area contributed by atoms with Gasteiger partial charge in [0.05, 0.1) is 15.0 Å². The summed E-state index contributed by atoms with van der Waals surface area (Å²) < 4.78 is 5.54. The highest BCUT2D eigenvalue weighted by molar-refractivity contribution is 6.37. The first-order chi connectivity index (χ1) is 9.40. The smallest absolute Gasteiger partial charge is 0.272 e. The Balaban J connectivity index is 2.44. The van der Waals surface area contributed by atoms with Crippen LogP contribution in [0.15, 0.2) is 30.3 Å². The van der Waals surface area contributed by atoms with Gasteiger partial charge < -0.3 is 9.84 Å². The maximum Gasteiger partial charge on any atom is 0.272 e. The average Bonchev–Trinajstić information content (AvgIpc) is 2.38. The van der Waals surface area contributed by atoms with Crippen LogP contribution in [-0.4, -0.2) is 10.0 Å². The van der Waals surface area contributed by atoms with Crippen LogP contribution in [-0.2, 0) is 0 Å². The fourth-order valence-electron chi connectivity index (χ4n) is 1.57. The van der Waals surface area contributed by atoms with Crippen molar-refractivity contribution in [2.24, 2.45) is 0 Å². The number of hydrogen-bond donors (Lipinski definition) is 1. The quantitative estimate of drug-likeness (QED) is 0.658. The molecule has 0 saturated heterocycles. The van der Waals surface area contributed by atoms with Gasteiger partial charge in [-0.05, 0) is 19.1 Å². The zero-order chi connectivity index (χ0) is 14.9. The molecule has 2 aromatic rings. The summed E-state index contributed by atoms with van der Waals surface area (Å²) >= 11 is 11.9. The molecule has 0 bridgehead atoms. The zero-order valence-electron chi connectivity index (χ0n) is 10.3. The number of ether oxygens (including phenoxy) is 1. The van der Waals surface area contributed by atoms with E-state index in [1.54, 1.807) is 19.1 Å². The van der Waals surface area contributed by atoms with Crippen LogP contribution in [0.25, 0.3) is 0 Å². The first kappa shape index (κ1) is 14.4. The second-order valence-electron chi connectivity index (χ2n) is 4.00. The number of hydrogen-bond acceptors (Lipinski definition) is 4. The first-order valence-electron chi connectivity index (χ1n) is 5.50. The van der Waals surface area contributed by atoms with Crippen molar-refractivity contribution in [3.8, 4) is 17.2 Å². The van der Waals surface area contributed by atoms with Crippen molar-refractivity contribution in [1.82, 2.24) is 0 Å². The molecule has 0 heterocycles. The SMILES string of the molecule is Cc1c(O)cccc1Oc1c(Cl)cc([N+](=O)[O-])cc1Cl. The molecule has 7 heteroatoms. The number of nitrogens with zero attached hydrogens (tertiary/aromatic N) is 1. The topological polar surface area (TPSA) is 72.6 Å². The van der Waals surface area contributed by atoms with E-state index in [1.807, 2.05) is 0 Å². The lowest BCUT2D eigenvalue weighted by molar-refractivity contribution is -0.384. The van der Waals surface area contributed by atoms with Crippen LogP contribution in [0, 0.1) is 17.0 Å². The van der Waals surface area contributed by atoms with Gasteiger partial charge in [0.25, 0.3) is 5.69 Å². The highest BCUT2D eigenvalue weighted by Gasteiger charge is 2.17. The van der Waals surface area contributed by atoms with Gasteiger partial charge in [0.2, 0.25) is 0 Å². The maximum absolute atomic E-state index is 10.7. The molecule has 0 aliphatic heterocycles. The van der Waals surface area contributed by atoms with E-state index in [-0.39, 0.29) is 27.2 Å². The third-order valence-electron chi connectivity index (χ3n) is 2.66. The van der Waals surface area contributed by atoms with Crippen molar-refractivity contribution in [2.45, 2.75) is 6.92 Å². The normalized spacial score (nSPS) is 10.3. The number of phenolic OH excluding ortho intramolecular Hbond substituents is 1. The fourth-order valence-corrected chi connectivity index (χ4v) is 2.13. The van der Waals surface area contributed by atoms with Crippen molar-refractivity contribution in [2.75, 3.05) is 0 Å². The Labute approximate surface area is 124 Å². The van der Waals surface area contributed by atoms with Gasteiger partial charge in [-0.1, -0.05) is 29.3 Å². The Hall–Kier alpha value is -1.98. The molecular weight excluding hydrogens is 305 g/mol. The third kappa shape index (κ3) is 2.79. The molecule has 20 heavy (non-hydrogen) atoms. The Bertz CT molecular complexity index is 665. The van der Waals surface area contributed by atoms with Crippen molar-refractivity contribution in [3.63, 3.8) is 0 Å². The maximum atomic E-state index is 10.7. The van der Waals surface area contributed by atoms with Crippen LogP contribution in [0.2, 0.25) is 10.0 Å². The minimum Gasteiger partial charge on any atom is -0.508 e. The number of non-ortho nitro benzene ring substituents is 1. The summed E-state index contributed by atoms with van der Waals surface area (Å²) in [6.45, 7) is 1.66.